The number of amides is 2. The molecule has 5 aromatic rings. The summed E-state index contributed by atoms with van der Waals surface area (Å²) in [5.74, 6) is -11.2. The Balaban J connectivity index is 1.09. The van der Waals surface area contributed by atoms with Gasteiger partial charge in [-0.05, 0) is 46.2 Å². The number of esters is 1. The largest absolute Gasteiger partial charge is 0.448 e. The first-order chi connectivity index (χ1) is 33.8. The number of rotatable bonds is 12. The number of alkyl halides is 4. The van der Waals surface area contributed by atoms with Gasteiger partial charge in [0.25, 0.3) is 0 Å². The molecular formula is C58H63ClF4N2O5. The summed E-state index contributed by atoms with van der Waals surface area (Å²) >= 11 is 7.02. The van der Waals surface area contributed by atoms with Crippen LogP contribution in [0.4, 0.5) is 22.4 Å². The lowest BCUT2D eigenvalue weighted by molar-refractivity contribution is -0.172. The quantitative estimate of drug-likeness (QED) is 0.0707. The molecule has 0 aromatic heterocycles. The monoisotopic (exact) mass is 978 g/mol. The van der Waals surface area contributed by atoms with Gasteiger partial charge in [-0.2, -0.15) is 17.6 Å². The van der Waals surface area contributed by atoms with Crippen molar-refractivity contribution in [2.45, 2.75) is 126 Å². The van der Waals surface area contributed by atoms with Crippen LogP contribution in [-0.4, -0.2) is 72.4 Å². The highest BCUT2D eigenvalue weighted by molar-refractivity contribution is 6.31. The van der Waals surface area contributed by atoms with Crippen molar-refractivity contribution in [2.75, 3.05) is 26.7 Å². The van der Waals surface area contributed by atoms with Crippen molar-refractivity contribution >= 4 is 29.6 Å². The van der Waals surface area contributed by atoms with Crippen LogP contribution in [0.5, 0.6) is 0 Å². The third-order valence-corrected chi connectivity index (χ3v) is 15.0. The summed E-state index contributed by atoms with van der Waals surface area (Å²) in [5, 5.41) is 0.271. The van der Waals surface area contributed by atoms with Crippen LogP contribution in [-0.2, 0) is 31.1 Å². The van der Waals surface area contributed by atoms with Crippen LogP contribution >= 0.6 is 11.6 Å². The number of halogens is 5. The minimum atomic E-state index is -4.54. The number of hydrogen-bond acceptors (Lipinski definition) is 5. The summed E-state index contributed by atoms with van der Waals surface area (Å²) in [4.78, 5) is 44.4. The van der Waals surface area contributed by atoms with Gasteiger partial charge < -0.3 is 14.4 Å². The summed E-state index contributed by atoms with van der Waals surface area (Å²) in [6.07, 6.45) is 15.3. The molecule has 2 fully saturated rings. The Labute approximate surface area is 414 Å². The summed E-state index contributed by atoms with van der Waals surface area (Å²) in [6.45, 7) is -3.38. The van der Waals surface area contributed by atoms with E-state index in [0.717, 1.165) is 52.0 Å². The summed E-state index contributed by atoms with van der Waals surface area (Å²) in [6, 6.07) is 37.4. The van der Waals surface area contributed by atoms with E-state index >= 15 is 0 Å². The summed E-state index contributed by atoms with van der Waals surface area (Å²) in [7, 11) is 1.18. The number of nitrogens with zero attached hydrogens (tertiary/aromatic N) is 2. The van der Waals surface area contributed by atoms with E-state index in [4.69, 9.17) is 21.1 Å². The first-order valence-corrected chi connectivity index (χ1v) is 25.4. The second-order valence-electron chi connectivity index (χ2n) is 19.5. The fourth-order valence-electron chi connectivity index (χ4n) is 10.8. The number of fused-ring (bicyclic) bond motifs is 3. The zero-order valence-corrected chi connectivity index (χ0v) is 40.7. The molecule has 0 N–H and O–H groups in total. The second-order valence-corrected chi connectivity index (χ2v) is 19.9. The lowest BCUT2D eigenvalue weighted by Gasteiger charge is -2.37. The SMILES string of the molecule is CN(C(=O)OCC1c2ccccc2-c2ccccc21)[C@@H](CC(=O)OC(c1ccccc1)(c1ccc(CC2CCCCCCCCCCCCC2)cc1)c1ccccc1Cl)C(=O)N1CC(F)(F)C(F)(F)C1. The molecule has 1 aliphatic heterocycles. The van der Waals surface area contributed by atoms with E-state index in [2.05, 4.69) is 0 Å². The molecular weight excluding hydrogens is 916 g/mol. The molecule has 0 spiro atoms. The maximum absolute atomic E-state index is 14.9. The molecule has 0 bridgehead atoms. The van der Waals surface area contributed by atoms with Crippen molar-refractivity contribution in [1.29, 1.82) is 0 Å². The van der Waals surface area contributed by atoms with E-state index in [1.54, 1.807) is 48.5 Å². The van der Waals surface area contributed by atoms with E-state index in [-0.39, 0.29) is 17.5 Å². The van der Waals surface area contributed by atoms with Crippen LogP contribution < -0.4 is 0 Å². The van der Waals surface area contributed by atoms with Crippen molar-refractivity contribution in [3.63, 3.8) is 0 Å². The topological polar surface area (TPSA) is 76.1 Å². The average Bonchev–Trinajstić information content (AvgIpc) is 3.80. The van der Waals surface area contributed by atoms with Gasteiger partial charge in [-0.3, -0.25) is 14.5 Å². The molecule has 1 saturated carbocycles. The van der Waals surface area contributed by atoms with Gasteiger partial charge in [-0.25, -0.2) is 4.79 Å². The predicted octanol–water partition coefficient (Wildman–Crippen LogP) is 14.2. The molecule has 70 heavy (non-hydrogen) atoms. The minimum Gasteiger partial charge on any atom is -0.448 e. The van der Waals surface area contributed by atoms with Crippen molar-refractivity contribution in [1.82, 2.24) is 9.80 Å². The molecule has 3 aliphatic rings. The molecule has 370 valence electrons. The van der Waals surface area contributed by atoms with Gasteiger partial charge >= 0.3 is 23.9 Å². The maximum atomic E-state index is 14.9. The molecule has 1 saturated heterocycles. The Morgan fingerprint density at radius 2 is 1.14 bits per heavy atom. The molecule has 8 rings (SSSR count). The van der Waals surface area contributed by atoms with E-state index < -0.39 is 61.0 Å². The Morgan fingerprint density at radius 1 is 0.657 bits per heavy atom. The molecule has 2 aliphatic carbocycles. The Kier molecular flexibility index (Phi) is 16.4. The zero-order valence-electron chi connectivity index (χ0n) is 39.9. The molecule has 2 atom stereocenters. The fourth-order valence-corrected chi connectivity index (χ4v) is 11.1. The van der Waals surface area contributed by atoms with Gasteiger partial charge in [0.05, 0.1) is 19.5 Å². The minimum absolute atomic E-state index is 0.164. The summed E-state index contributed by atoms with van der Waals surface area (Å²) in [5.41, 5.74) is 4.66. The zero-order chi connectivity index (χ0) is 49.3. The number of carbonyl (C=O) groups is 3. The third kappa shape index (κ3) is 11.3. The number of benzene rings is 5. The lowest BCUT2D eigenvalue weighted by atomic mass is 9.79. The highest BCUT2D eigenvalue weighted by Crippen LogP contribution is 2.47. The molecule has 7 nitrogen and oxygen atoms in total. The Hall–Kier alpha value is -5.68. The Bertz CT molecular complexity index is 2500. The average molecular weight is 980 g/mol. The lowest BCUT2D eigenvalue weighted by Crippen LogP contribution is -2.51. The van der Waals surface area contributed by atoms with Crippen LogP contribution in [0.1, 0.15) is 129 Å². The molecule has 0 radical (unpaired) electrons. The van der Waals surface area contributed by atoms with Crippen molar-refractivity contribution in [3.8, 4) is 11.1 Å². The molecule has 1 heterocycles. The van der Waals surface area contributed by atoms with Crippen LogP contribution in [0.15, 0.2) is 127 Å². The standard InChI is InChI=1S/C58H63ClF4N2O5/c1-64(55(68)69-38-49-47-28-18-16-26-45(47)46-27-17-19-29-48(46)49)52(54(67)65-39-56(60,61)57(62,63)40-65)37-53(66)70-58(43-24-14-11-15-25-43,50-30-20-21-31-51(50)59)44-34-32-42(33-35-44)36-41-22-12-9-7-5-3-2-4-6-8-10-13-23-41/h11,14-21,24-35,41,49,52H,2-10,12-13,22-23,36-40H2,1H3/t52-,58?/m0/s1. The molecule has 12 heteroatoms. The van der Waals surface area contributed by atoms with Crippen molar-refractivity contribution in [2.24, 2.45) is 5.92 Å². The first kappa shape index (κ1) is 50.7. The van der Waals surface area contributed by atoms with E-state index in [1.807, 2.05) is 78.9 Å². The van der Waals surface area contributed by atoms with Crippen LogP contribution in [0.3, 0.4) is 0 Å². The van der Waals surface area contributed by atoms with E-state index in [9.17, 15) is 31.9 Å². The normalized spacial score (nSPS) is 18.9. The molecule has 1 unspecified atom stereocenters. The number of likely N-dealkylation sites (N-methyl/N-ethyl adjacent to an activating group) is 1. The number of ether oxygens (including phenoxy) is 2. The molecule has 2 amide bonds. The fraction of sp³-hybridized carbons (Fsp3) is 0.431. The van der Waals surface area contributed by atoms with Crippen LogP contribution in [0.25, 0.3) is 11.1 Å². The van der Waals surface area contributed by atoms with Crippen molar-refractivity contribution in [3.05, 3.63) is 166 Å². The third-order valence-electron chi connectivity index (χ3n) is 14.7. The first-order valence-electron chi connectivity index (χ1n) is 25.0. The number of carbonyl (C=O) groups excluding carboxylic acids is 3. The van der Waals surface area contributed by atoms with Gasteiger partial charge in [-0.15, -0.1) is 0 Å². The van der Waals surface area contributed by atoms with Gasteiger partial charge in [0.2, 0.25) is 5.91 Å². The smallest absolute Gasteiger partial charge is 0.410 e. The predicted molar refractivity (Wildman–Crippen MR) is 265 cm³/mol. The van der Waals surface area contributed by atoms with Gasteiger partial charge in [-0.1, -0.05) is 216 Å². The van der Waals surface area contributed by atoms with Crippen LogP contribution in [0, 0.1) is 5.92 Å². The summed E-state index contributed by atoms with van der Waals surface area (Å²) < 4.78 is 71.3. The van der Waals surface area contributed by atoms with Crippen LogP contribution in [0.2, 0.25) is 5.02 Å². The Morgan fingerprint density at radius 3 is 1.70 bits per heavy atom. The van der Waals surface area contributed by atoms with Crippen molar-refractivity contribution < 1.29 is 41.4 Å². The van der Waals surface area contributed by atoms with E-state index in [0.29, 0.717) is 27.5 Å². The molecule has 5 aromatic carbocycles. The second kappa shape index (κ2) is 22.6. The van der Waals surface area contributed by atoms with Gasteiger partial charge in [0.15, 0.2) is 5.60 Å². The van der Waals surface area contributed by atoms with Gasteiger partial charge in [0.1, 0.15) is 12.6 Å². The van der Waals surface area contributed by atoms with E-state index in [1.165, 1.54) is 77.7 Å². The van der Waals surface area contributed by atoms with Gasteiger partial charge in [0, 0.05) is 34.7 Å². The maximum Gasteiger partial charge on any atom is 0.410 e. The highest BCUT2D eigenvalue weighted by Gasteiger charge is 2.64. The number of likely N-dealkylation sites (tertiary alicyclic amines) is 1. The number of hydrogen-bond donors (Lipinski definition) is 0. The highest BCUT2D eigenvalue weighted by atomic mass is 35.5.